The Labute approximate surface area is 219 Å². The Balaban J connectivity index is 1.37. The minimum absolute atomic E-state index is 0.546. The maximum atomic E-state index is 5.01. The molecule has 0 bridgehead atoms. The number of thiophene rings is 1. The van der Waals surface area contributed by atoms with E-state index in [4.69, 9.17) is 9.97 Å². The van der Waals surface area contributed by atoms with Crippen molar-refractivity contribution >= 4 is 39.0 Å². The zero-order valence-corrected chi connectivity index (χ0v) is 21.5. The predicted molar refractivity (Wildman–Crippen MR) is 154 cm³/mol. The highest BCUT2D eigenvalue weighted by atomic mass is 32.1. The Morgan fingerprint density at radius 3 is 2.70 bits per heavy atom. The summed E-state index contributed by atoms with van der Waals surface area (Å²) in [5.41, 5.74) is 9.15. The van der Waals surface area contributed by atoms with Gasteiger partial charge in [0.15, 0.2) is 11.5 Å². The number of nitrogens with zero attached hydrogens (tertiary/aromatic N) is 3. The lowest BCUT2D eigenvalue weighted by Gasteiger charge is -2.28. The fraction of sp³-hybridized carbons (Fsp3) is 0.167. The summed E-state index contributed by atoms with van der Waals surface area (Å²) in [6.07, 6.45) is 9.62. The number of nitrogens with one attached hydrogen (secondary N) is 3. The Morgan fingerprint density at radius 1 is 1.08 bits per heavy atom. The zero-order valence-electron chi connectivity index (χ0n) is 20.7. The number of allylic oxidation sites excluding steroid dienone is 5. The van der Waals surface area contributed by atoms with Gasteiger partial charge in [-0.2, -0.15) is 5.10 Å². The molecular weight excluding hydrogens is 476 g/mol. The second-order valence-electron chi connectivity index (χ2n) is 9.26. The van der Waals surface area contributed by atoms with Crippen LogP contribution in [0.25, 0.3) is 49.6 Å². The van der Waals surface area contributed by atoms with Gasteiger partial charge in [0.05, 0.1) is 22.2 Å². The van der Waals surface area contributed by atoms with Crippen molar-refractivity contribution < 1.29 is 0 Å². The molecule has 1 aliphatic carbocycles. The van der Waals surface area contributed by atoms with Gasteiger partial charge in [0, 0.05) is 21.8 Å². The summed E-state index contributed by atoms with van der Waals surface area (Å²) in [4.78, 5) is 14.6. The smallest absolute Gasteiger partial charge is 0.161 e. The van der Waals surface area contributed by atoms with Gasteiger partial charge in [-0.3, -0.25) is 5.10 Å². The Bertz CT molecular complexity index is 1680. The van der Waals surface area contributed by atoms with Crippen LogP contribution in [0.15, 0.2) is 90.6 Å². The van der Waals surface area contributed by atoms with Crippen LogP contribution in [0.4, 0.5) is 0 Å². The number of aromatic amines is 2. The van der Waals surface area contributed by atoms with Gasteiger partial charge in [0.25, 0.3) is 0 Å². The van der Waals surface area contributed by atoms with E-state index in [-0.39, 0.29) is 0 Å². The van der Waals surface area contributed by atoms with E-state index in [1.807, 2.05) is 37.3 Å². The molecule has 1 aromatic carbocycles. The van der Waals surface area contributed by atoms with Crippen LogP contribution in [0.1, 0.15) is 31.9 Å². The molecule has 1 fully saturated rings. The summed E-state index contributed by atoms with van der Waals surface area (Å²) in [6.45, 7) is 10.2. The summed E-state index contributed by atoms with van der Waals surface area (Å²) in [6, 6.07) is 14.4. The highest BCUT2D eigenvalue weighted by Crippen LogP contribution is 2.34. The summed E-state index contributed by atoms with van der Waals surface area (Å²) in [5, 5.41) is 13.2. The van der Waals surface area contributed by atoms with Crippen LogP contribution >= 0.6 is 11.3 Å². The minimum Gasteiger partial charge on any atom is -0.359 e. The van der Waals surface area contributed by atoms with E-state index < -0.39 is 0 Å². The predicted octanol–water partition coefficient (Wildman–Crippen LogP) is 7.61. The highest BCUT2D eigenvalue weighted by Gasteiger charge is 2.21. The first-order valence-corrected chi connectivity index (χ1v) is 13.4. The monoisotopic (exact) mass is 504 g/mol. The van der Waals surface area contributed by atoms with Crippen molar-refractivity contribution in [2.75, 3.05) is 0 Å². The Kier molecular flexibility index (Phi) is 6.06. The molecule has 0 spiro atoms. The molecule has 0 atom stereocenters. The van der Waals surface area contributed by atoms with E-state index in [1.54, 1.807) is 11.3 Å². The number of fused-ring (bicyclic) bond motifs is 2. The van der Waals surface area contributed by atoms with Crippen LogP contribution in [0.3, 0.4) is 0 Å². The minimum atomic E-state index is 0.546. The average molecular weight is 505 g/mol. The Morgan fingerprint density at radius 2 is 1.97 bits per heavy atom. The molecule has 37 heavy (non-hydrogen) atoms. The molecule has 4 aromatic heterocycles. The van der Waals surface area contributed by atoms with E-state index in [0.717, 1.165) is 50.3 Å². The fourth-order valence-corrected chi connectivity index (χ4v) is 5.42. The number of rotatable bonds is 8. The topological polar surface area (TPSA) is 82.3 Å². The van der Waals surface area contributed by atoms with E-state index in [1.165, 1.54) is 24.1 Å². The van der Waals surface area contributed by atoms with Crippen molar-refractivity contribution in [3.63, 3.8) is 0 Å². The molecule has 5 aromatic rings. The average Bonchev–Trinajstić information content (AvgIpc) is 3.64. The van der Waals surface area contributed by atoms with Gasteiger partial charge in [0.1, 0.15) is 5.52 Å². The second-order valence-corrected chi connectivity index (χ2v) is 10.2. The quantitative estimate of drug-likeness (QED) is 0.190. The van der Waals surface area contributed by atoms with Crippen molar-refractivity contribution in [1.29, 1.82) is 0 Å². The maximum absolute atomic E-state index is 5.01. The van der Waals surface area contributed by atoms with Crippen molar-refractivity contribution in [3.05, 3.63) is 96.3 Å². The van der Waals surface area contributed by atoms with Crippen molar-refractivity contribution in [2.45, 2.75) is 26.2 Å². The van der Waals surface area contributed by atoms with Gasteiger partial charge in [-0.1, -0.05) is 43.9 Å². The molecule has 6 nitrogen and oxygen atoms in total. The first-order valence-electron chi connectivity index (χ1n) is 12.5. The molecular formula is C30H28N6S. The molecule has 1 aliphatic rings. The number of aromatic nitrogens is 5. The zero-order chi connectivity index (χ0) is 25.4. The number of hydrogen-bond donors (Lipinski definition) is 3. The lowest BCUT2D eigenvalue weighted by molar-refractivity contribution is 0.356. The second kappa shape index (κ2) is 9.67. The lowest BCUT2D eigenvalue weighted by Crippen LogP contribution is -2.23. The number of pyridine rings is 1. The van der Waals surface area contributed by atoms with Crippen molar-refractivity contribution in [2.24, 2.45) is 5.92 Å². The third-order valence-electron chi connectivity index (χ3n) is 6.97. The molecule has 1 saturated carbocycles. The van der Waals surface area contributed by atoms with Gasteiger partial charge in [-0.25, -0.2) is 9.97 Å². The van der Waals surface area contributed by atoms with E-state index in [0.29, 0.717) is 17.4 Å². The van der Waals surface area contributed by atoms with Gasteiger partial charge < -0.3 is 10.3 Å². The van der Waals surface area contributed by atoms with Crippen molar-refractivity contribution in [1.82, 2.24) is 30.5 Å². The molecule has 0 amide bonds. The Hall–Kier alpha value is -4.23. The molecule has 184 valence electrons. The first-order chi connectivity index (χ1) is 18.1. The molecule has 0 radical (unpaired) electrons. The lowest BCUT2D eigenvalue weighted by atomic mass is 9.83. The highest BCUT2D eigenvalue weighted by molar-refractivity contribution is 7.13. The summed E-state index contributed by atoms with van der Waals surface area (Å²) >= 11 is 1.71. The van der Waals surface area contributed by atoms with Crippen LogP contribution in [-0.2, 0) is 0 Å². The standard InChI is InChI=1S/C30H28N6S/c1-4-19(17-21(5-2)31-18(3)20-9-6-10-20)23-14-15-25-28(32-23)29(36-35-25)30-33-24-12-7-11-22(27(24)34-30)26-13-8-16-37-26/h4-5,7-8,11-17,20,31H,2-3,6,9-10H2,1H3,(H,33,34)(H,35,36)/b19-4+,21-17+. The van der Waals surface area contributed by atoms with Crippen LogP contribution in [0, 0.1) is 5.92 Å². The van der Waals surface area contributed by atoms with E-state index in [2.05, 4.69) is 69.4 Å². The van der Waals surface area contributed by atoms with Gasteiger partial charge in [-0.05, 0) is 73.1 Å². The van der Waals surface area contributed by atoms with Gasteiger partial charge in [-0.15, -0.1) is 11.3 Å². The molecule has 0 saturated heterocycles. The largest absolute Gasteiger partial charge is 0.359 e. The maximum Gasteiger partial charge on any atom is 0.161 e. The van der Waals surface area contributed by atoms with Gasteiger partial charge in [0.2, 0.25) is 0 Å². The van der Waals surface area contributed by atoms with E-state index in [9.17, 15) is 0 Å². The number of para-hydroxylation sites is 1. The number of benzene rings is 1. The van der Waals surface area contributed by atoms with Gasteiger partial charge >= 0.3 is 0 Å². The van der Waals surface area contributed by atoms with Crippen molar-refractivity contribution in [3.8, 4) is 22.0 Å². The fourth-order valence-electron chi connectivity index (χ4n) is 4.66. The number of imidazole rings is 1. The third kappa shape index (κ3) is 4.32. The molecule has 4 heterocycles. The summed E-state index contributed by atoms with van der Waals surface area (Å²) in [5.74, 6) is 1.24. The molecule has 0 unspecified atom stereocenters. The molecule has 7 heteroatoms. The summed E-state index contributed by atoms with van der Waals surface area (Å²) < 4.78 is 0. The summed E-state index contributed by atoms with van der Waals surface area (Å²) in [7, 11) is 0. The number of H-pyrrole nitrogens is 2. The molecule has 6 rings (SSSR count). The SMILES string of the molecule is C=C/C(=C\C(=C/C)c1ccc2[nH]nc(-c3nc4c(-c5cccs5)cccc4[nH]3)c2n1)NC(=C)C1CCC1. The number of hydrogen-bond acceptors (Lipinski definition) is 5. The third-order valence-corrected chi connectivity index (χ3v) is 7.88. The van der Waals surface area contributed by atoms with Crippen LogP contribution < -0.4 is 5.32 Å². The van der Waals surface area contributed by atoms with Crippen LogP contribution in [-0.4, -0.2) is 25.1 Å². The molecule has 3 N–H and O–H groups in total. The van der Waals surface area contributed by atoms with Crippen LogP contribution in [0.2, 0.25) is 0 Å². The first kappa shape index (κ1) is 23.2. The molecule has 0 aliphatic heterocycles. The normalized spacial score (nSPS) is 14.7. The van der Waals surface area contributed by atoms with Crippen LogP contribution in [0.5, 0.6) is 0 Å². The van der Waals surface area contributed by atoms with E-state index >= 15 is 0 Å².